The first kappa shape index (κ1) is 13.2. The maximum absolute atomic E-state index is 9.05. The number of nitrogens with zero attached hydrogens (tertiary/aromatic N) is 1. The molecular weight excluding hydrogens is 202 g/mol. The van der Waals surface area contributed by atoms with Gasteiger partial charge in [-0.05, 0) is 18.8 Å². The molecule has 3 N–H and O–H groups in total. The molecule has 0 aliphatic carbocycles. The molecule has 1 heterocycles. The summed E-state index contributed by atoms with van der Waals surface area (Å²) in [6, 6.07) is 0.300. The minimum Gasteiger partial charge on any atom is -0.396 e. The van der Waals surface area contributed by atoms with Gasteiger partial charge in [0.2, 0.25) is 0 Å². The monoisotopic (exact) mass is 225 g/mol. The molecule has 0 aromatic carbocycles. The summed E-state index contributed by atoms with van der Waals surface area (Å²) >= 11 is 0. The van der Waals surface area contributed by atoms with Gasteiger partial charge < -0.3 is 15.4 Å². The highest BCUT2D eigenvalue weighted by Gasteiger charge is 2.23. The molecular formula is C12H23N3O. The zero-order chi connectivity index (χ0) is 12.2. The largest absolute Gasteiger partial charge is 0.396 e. The first-order valence-corrected chi connectivity index (χ1v) is 5.78. The number of hydrogen-bond acceptors (Lipinski definition) is 3. The molecule has 1 unspecified atom stereocenters. The molecule has 1 rings (SSSR count). The summed E-state index contributed by atoms with van der Waals surface area (Å²) in [5.41, 5.74) is 2.30. The van der Waals surface area contributed by atoms with Crippen LogP contribution < -0.4 is 5.32 Å². The highest BCUT2D eigenvalue weighted by molar-refractivity contribution is 5.08. The standard InChI is InChI=1S/C12H23N3O/c1-9-10(15-8-14-9)7-13-11(5-6-16)12(2,3)4/h8,11,13,16H,5-7H2,1-4H3,(H,14,15). The summed E-state index contributed by atoms with van der Waals surface area (Å²) in [6.45, 7) is 9.51. The Hall–Kier alpha value is -0.870. The molecule has 0 saturated carbocycles. The number of nitrogens with one attached hydrogen (secondary N) is 2. The second-order valence-corrected chi connectivity index (χ2v) is 5.29. The van der Waals surface area contributed by atoms with Gasteiger partial charge >= 0.3 is 0 Å². The molecule has 0 aliphatic rings. The van der Waals surface area contributed by atoms with Crippen LogP contribution in [0.15, 0.2) is 6.33 Å². The van der Waals surface area contributed by atoms with Crippen molar-refractivity contribution in [3.63, 3.8) is 0 Å². The summed E-state index contributed by atoms with van der Waals surface area (Å²) in [4.78, 5) is 7.31. The van der Waals surface area contributed by atoms with E-state index in [1.165, 1.54) is 0 Å². The number of aromatic amines is 1. The number of aliphatic hydroxyl groups excluding tert-OH is 1. The fourth-order valence-electron chi connectivity index (χ4n) is 1.76. The Kier molecular flexibility index (Phi) is 4.50. The van der Waals surface area contributed by atoms with Gasteiger partial charge in [-0.1, -0.05) is 20.8 Å². The van der Waals surface area contributed by atoms with Crippen molar-refractivity contribution in [1.29, 1.82) is 0 Å². The van der Waals surface area contributed by atoms with E-state index in [2.05, 4.69) is 36.1 Å². The highest BCUT2D eigenvalue weighted by Crippen LogP contribution is 2.22. The van der Waals surface area contributed by atoms with Gasteiger partial charge in [0.1, 0.15) is 0 Å². The van der Waals surface area contributed by atoms with Crippen molar-refractivity contribution >= 4 is 0 Å². The molecule has 16 heavy (non-hydrogen) atoms. The molecule has 0 saturated heterocycles. The lowest BCUT2D eigenvalue weighted by Crippen LogP contribution is -2.40. The smallest absolute Gasteiger partial charge is 0.0925 e. The van der Waals surface area contributed by atoms with E-state index in [1.807, 2.05) is 6.92 Å². The van der Waals surface area contributed by atoms with E-state index in [0.29, 0.717) is 6.04 Å². The van der Waals surface area contributed by atoms with Crippen LogP contribution in [0.25, 0.3) is 0 Å². The van der Waals surface area contributed by atoms with Crippen molar-refractivity contribution in [3.8, 4) is 0 Å². The third kappa shape index (κ3) is 3.61. The van der Waals surface area contributed by atoms with Gasteiger partial charge in [0.05, 0.1) is 12.0 Å². The predicted octanol–water partition coefficient (Wildman–Crippen LogP) is 1.60. The van der Waals surface area contributed by atoms with Crippen LogP contribution in [0.5, 0.6) is 0 Å². The van der Waals surface area contributed by atoms with E-state index in [-0.39, 0.29) is 12.0 Å². The minimum atomic E-state index is 0.146. The van der Waals surface area contributed by atoms with Gasteiger partial charge in [0.25, 0.3) is 0 Å². The van der Waals surface area contributed by atoms with Crippen LogP contribution in [-0.2, 0) is 6.54 Å². The highest BCUT2D eigenvalue weighted by atomic mass is 16.3. The van der Waals surface area contributed by atoms with E-state index in [0.717, 1.165) is 24.4 Å². The van der Waals surface area contributed by atoms with Crippen molar-refractivity contribution in [2.75, 3.05) is 6.61 Å². The molecule has 4 heteroatoms. The summed E-state index contributed by atoms with van der Waals surface area (Å²) in [5, 5.41) is 12.5. The number of aliphatic hydroxyl groups is 1. The van der Waals surface area contributed by atoms with Crippen molar-refractivity contribution in [3.05, 3.63) is 17.7 Å². The Morgan fingerprint density at radius 1 is 1.50 bits per heavy atom. The van der Waals surface area contributed by atoms with Crippen LogP contribution >= 0.6 is 0 Å². The molecule has 1 aromatic heterocycles. The minimum absolute atomic E-state index is 0.146. The van der Waals surface area contributed by atoms with Crippen LogP contribution in [0.4, 0.5) is 0 Å². The number of rotatable bonds is 5. The summed E-state index contributed by atoms with van der Waals surface area (Å²) in [5.74, 6) is 0. The van der Waals surface area contributed by atoms with E-state index in [9.17, 15) is 0 Å². The van der Waals surface area contributed by atoms with Crippen LogP contribution in [0.1, 0.15) is 38.6 Å². The molecule has 0 bridgehead atoms. The maximum atomic E-state index is 9.05. The number of aromatic nitrogens is 2. The fraction of sp³-hybridized carbons (Fsp3) is 0.750. The second-order valence-electron chi connectivity index (χ2n) is 5.29. The van der Waals surface area contributed by atoms with Gasteiger partial charge in [-0.15, -0.1) is 0 Å². The number of hydrogen-bond donors (Lipinski definition) is 3. The van der Waals surface area contributed by atoms with Crippen molar-refractivity contribution in [2.24, 2.45) is 5.41 Å². The van der Waals surface area contributed by atoms with Crippen molar-refractivity contribution < 1.29 is 5.11 Å². The summed E-state index contributed by atoms with van der Waals surface area (Å²) in [7, 11) is 0. The summed E-state index contributed by atoms with van der Waals surface area (Å²) < 4.78 is 0. The maximum Gasteiger partial charge on any atom is 0.0925 e. The normalized spacial score (nSPS) is 14.1. The van der Waals surface area contributed by atoms with Gasteiger partial charge in [-0.2, -0.15) is 0 Å². The van der Waals surface area contributed by atoms with E-state index >= 15 is 0 Å². The van der Waals surface area contributed by atoms with Gasteiger partial charge in [0.15, 0.2) is 0 Å². The van der Waals surface area contributed by atoms with Gasteiger partial charge in [0, 0.05) is 24.9 Å². The second kappa shape index (κ2) is 5.46. The molecule has 0 radical (unpaired) electrons. The number of imidazole rings is 1. The molecule has 1 atom stereocenters. The topological polar surface area (TPSA) is 60.9 Å². The van der Waals surface area contributed by atoms with Gasteiger partial charge in [-0.25, -0.2) is 4.98 Å². The van der Waals surface area contributed by atoms with Gasteiger partial charge in [-0.3, -0.25) is 0 Å². The zero-order valence-electron chi connectivity index (χ0n) is 10.7. The average molecular weight is 225 g/mol. The first-order valence-electron chi connectivity index (χ1n) is 5.78. The fourth-order valence-corrected chi connectivity index (χ4v) is 1.76. The third-order valence-electron chi connectivity index (χ3n) is 2.91. The Bertz CT molecular complexity index is 314. The Balaban J connectivity index is 2.54. The molecule has 4 nitrogen and oxygen atoms in total. The Labute approximate surface area is 97.5 Å². The van der Waals surface area contributed by atoms with E-state index in [4.69, 9.17) is 5.11 Å². The average Bonchev–Trinajstić information content (AvgIpc) is 2.57. The van der Waals surface area contributed by atoms with Crippen molar-refractivity contribution in [1.82, 2.24) is 15.3 Å². The lowest BCUT2D eigenvalue weighted by molar-refractivity contribution is 0.196. The molecule has 0 amide bonds. The molecule has 0 spiro atoms. The van der Waals surface area contributed by atoms with E-state index < -0.39 is 0 Å². The third-order valence-corrected chi connectivity index (χ3v) is 2.91. The lowest BCUT2D eigenvalue weighted by atomic mass is 9.85. The lowest BCUT2D eigenvalue weighted by Gasteiger charge is -2.31. The Morgan fingerprint density at radius 2 is 2.19 bits per heavy atom. The zero-order valence-corrected chi connectivity index (χ0v) is 10.7. The Morgan fingerprint density at radius 3 is 2.62 bits per heavy atom. The molecule has 1 aromatic rings. The quantitative estimate of drug-likeness (QED) is 0.713. The van der Waals surface area contributed by atoms with Crippen LogP contribution in [0, 0.1) is 12.3 Å². The number of aryl methyl sites for hydroxylation is 1. The molecule has 0 aliphatic heterocycles. The van der Waals surface area contributed by atoms with E-state index in [1.54, 1.807) is 6.33 Å². The van der Waals surface area contributed by atoms with Crippen molar-refractivity contribution in [2.45, 2.75) is 46.7 Å². The summed E-state index contributed by atoms with van der Waals surface area (Å²) in [6.07, 6.45) is 2.48. The van der Waals surface area contributed by atoms with Crippen LogP contribution in [0.2, 0.25) is 0 Å². The first-order chi connectivity index (χ1) is 7.45. The number of H-pyrrole nitrogens is 1. The SMILES string of the molecule is Cc1[nH]cnc1CNC(CCO)C(C)(C)C. The van der Waals surface area contributed by atoms with Crippen LogP contribution in [0.3, 0.4) is 0 Å². The predicted molar refractivity (Wildman–Crippen MR) is 65.1 cm³/mol. The van der Waals surface area contributed by atoms with Crippen LogP contribution in [-0.4, -0.2) is 27.7 Å². The molecule has 0 fully saturated rings. The molecule has 92 valence electrons.